The minimum Gasteiger partial charge on any atom is -0.548 e. The molecule has 0 unspecified atom stereocenters. The van der Waals surface area contributed by atoms with Gasteiger partial charge in [0.25, 0.3) is 0 Å². The Balaban J connectivity index is 0.00000312. The number of hydrogen-bond donors (Lipinski definition) is 0. The second-order valence-corrected chi connectivity index (χ2v) is 7.00. The van der Waals surface area contributed by atoms with Crippen molar-refractivity contribution in [2.24, 2.45) is 0 Å². The summed E-state index contributed by atoms with van der Waals surface area (Å²) in [7, 11) is -3.72. The Labute approximate surface area is 168 Å². The Morgan fingerprint density at radius 3 is 2.44 bits per heavy atom. The normalized spacial score (nSPS) is 10.8. The zero-order valence-corrected chi connectivity index (χ0v) is 17.1. The van der Waals surface area contributed by atoms with Crippen LogP contribution in [0.3, 0.4) is 0 Å². The van der Waals surface area contributed by atoms with Gasteiger partial charge in [0.15, 0.2) is 5.89 Å². The number of carboxylic acids is 1. The van der Waals surface area contributed by atoms with Crippen LogP contribution in [0.4, 0.5) is 5.69 Å². The largest absolute Gasteiger partial charge is 1.00 e. The van der Waals surface area contributed by atoms with E-state index in [1.807, 2.05) is 0 Å². The molecule has 1 aromatic carbocycles. The van der Waals surface area contributed by atoms with Gasteiger partial charge in [0.05, 0.1) is 36.8 Å². The standard InChI is InChI=1S/C15H18N2O6S.Na/c1-11-16-12(10-23-11)7-8-22-14-5-3-13(4-6-14)17(9-15(18)19)24(2,20)21;/h3-6,10H,7-9H2,1-2H3,(H,18,19);/q;+1/p-1. The van der Waals surface area contributed by atoms with Gasteiger partial charge in [-0.2, -0.15) is 0 Å². The zero-order chi connectivity index (χ0) is 17.7. The van der Waals surface area contributed by atoms with Gasteiger partial charge in [0, 0.05) is 13.3 Å². The average Bonchev–Trinajstić information content (AvgIpc) is 2.90. The fourth-order valence-corrected chi connectivity index (χ4v) is 2.87. The molecule has 1 aromatic heterocycles. The van der Waals surface area contributed by atoms with Crippen molar-refractivity contribution < 1.29 is 57.0 Å². The molecule has 2 rings (SSSR count). The Morgan fingerprint density at radius 2 is 1.96 bits per heavy atom. The number of rotatable bonds is 8. The number of aromatic nitrogens is 1. The minimum atomic E-state index is -3.72. The van der Waals surface area contributed by atoms with Gasteiger partial charge in [-0.05, 0) is 24.3 Å². The van der Waals surface area contributed by atoms with Crippen LogP contribution in [0.15, 0.2) is 34.9 Å². The Hall–Kier alpha value is -1.55. The first-order chi connectivity index (χ1) is 11.3. The van der Waals surface area contributed by atoms with Crippen LogP contribution in [0, 0.1) is 6.92 Å². The van der Waals surface area contributed by atoms with Crippen LogP contribution in [-0.2, 0) is 21.2 Å². The van der Waals surface area contributed by atoms with Crippen LogP contribution in [0.25, 0.3) is 0 Å². The molecule has 0 aliphatic rings. The summed E-state index contributed by atoms with van der Waals surface area (Å²) in [4.78, 5) is 14.9. The van der Waals surface area contributed by atoms with Crippen LogP contribution < -0.4 is 43.7 Å². The first-order valence-corrected chi connectivity index (χ1v) is 8.92. The Kier molecular flexibility index (Phi) is 7.94. The monoisotopic (exact) mass is 376 g/mol. The average molecular weight is 376 g/mol. The maximum absolute atomic E-state index is 11.7. The van der Waals surface area contributed by atoms with E-state index in [0.29, 0.717) is 24.7 Å². The third kappa shape index (κ3) is 6.69. The molecule has 0 radical (unpaired) electrons. The molecule has 8 nitrogen and oxygen atoms in total. The SMILES string of the molecule is Cc1nc(CCOc2ccc(N(CC(=O)[O-])S(C)(=O)=O)cc2)co1.[Na+]. The van der Waals surface area contributed by atoms with Crippen LogP contribution in [0.5, 0.6) is 5.75 Å². The molecule has 0 bridgehead atoms. The molecule has 0 saturated heterocycles. The van der Waals surface area contributed by atoms with Crippen molar-refractivity contribution in [3.8, 4) is 5.75 Å². The summed E-state index contributed by atoms with van der Waals surface area (Å²) in [6.07, 6.45) is 3.06. The molecule has 10 heteroatoms. The summed E-state index contributed by atoms with van der Waals surface area (Å²) in [5.74, 6) is -0.368. The topological polar surface area (TPSA) is 113 Å². The molecule has 2 aromatic rings. The van der Waals surface area contributed by atoms with Crippen molar-refractivity contribution in [2.45, 2.75) is 13.3 Å². The molecule has 0 atom stereocenters. The summed E-state index contributed by atoms with van der Waals surface area (Å²) >= 11 is 0. The number of nitrogens with zero attached hydrogens (tertiary/aromatic N) is 2. The van der Waals surface area contributed by atoms with Gasteiger partial charge in [0.1, 0.15) is 12.0 Å². The van der Waals surface area contributed by atoms with E-state index < -0.39 is 22.5 Å². The Bertz CT molecular complexity index is 804. The molecule has 1 heterocycles. The minimum absolute atomic E-state index is 0. The zero-order valence-electron chi connectivity index (χ0n) is 14.3. The van der Waals surface area contributed by atoms with Crippen LogP contribution in [0.2, 0.25) is 0 Å². The fraction of sp³-hybridized carbons (Fsp3) is 0.333. The molecule has 25 heavy (non-hydrogen) atoms. The number of carbonyl (C=O) groups is 1. The van der Waals surface area contributed by atoms with Crippen LogP contribution in [-0.4, -0.2) is 38.8 Å². The van der Waals surface area contributed by atoms with Gasteiger partial charge in [-0.25, -0.2) is 13.4 Å². The molecule has 0 N–H and O–H groups in total. The number of benzene rings is 1. The summed E-state index contributed by atoms with van der Waals surface area (Å²) in [5, 5.41) is 10.7. The van der Waals surface area contributed by atoms with Crippen LogP contribution >= 0.6 is 0 Å². The number of sulfonamides is 1. The predicted molar refractivity (Wildman–Crippen MR) is 84.1 cm³/mol. The molecular weight excluding hydrogens is 359 g/mol. The number of aliphatic carboxylic acids is 1. The van der Waals surface area contributed by atoms with E-state index in [9.17, 15) is 18.3 Å². The quantitative estimate of drug-likeness (QED) is 0.455. The van der Waals surface area contributed by atoms with E-state index in [0.717, 1.165) is 16.3 Å². The number of carboxylic acid groups (broad SMARTS) is 1. The molecule has 0 saturated carbocycles. The van der Waals surface area contributed by atoms with Gasteiger partial charge in [-0.3, -0.25) is 4.31 Å². The number of anilines is 1. The van der Waals surface area contributed by atoms with E-state index >= 15 is 0 Å². The maximum atomic E-state index is 11.7. The third-order valence-corrected chi connectivity index (χ3v) is 4.23. The van der Waals surface area contributed by atoms with Crippen LogP contribution in [0.1, 0.15) is 11.6 Å². The second kappa shape index (κ2) is 9.23. The number of hydrogen-bond acceptors (Lipinski definition) is 7. The first-order valence-electron chi connectivity index (χ1n) is 7.07. The van der Waals surface area contributed by atoms with Crippen molar-refractivity contribution in [1.82, 2.24) is 4.98 Å². The summed E-state index contributed by atoms with van der Waals surface area (Å²) in [6.45, 7) is 1.38. The summed E-state index contributed by atoms with van der Waals surface area (Å²) in [5.41, 5.74) is 1.00. The number of oxazole rings is 1. The summed E-state index contributed by atoms with van der Waals surface area (Å²) < 4.78 is 34.7. The van der Waals surface area contributed by atoms with E-state index in [1.54, 1.807) is 25.3 Å². The van der Waals surface area contributed by atoms with E-state index in [4.69, 9.17) is 9.15 Å². The smallest absolute Gasteiger partial charge is 0.548 e. The molecule has 130 valence electrons. The second-order valence-electron chi connectivity index (χ2n) is 5.09. The molecule has 0 fully saturated rings. The molecule has 0 aliphatic heterocycles. The van der Waals surface area contributed by atoms with Gasteiger partial charge >= 0.3 is 29.6 Å². The number of carbonyl (C=O) groups excluding carboxylic acids is 1. The van der Waals surface area contributed by atoms with E-state index in [-0.39, 0.29) is 35.2 Å². The fourth-order valence-electron chi connectivity index (χ4n) is 2.02. The molecule has 0 amide bonds. The molecule has 0 spiro atoms. The maximum Gasteiger partial charge on any atom is 1.00 e. The molecular formula is C15H17N2NaO6S. The van der Waals surface area contributed by atoms with Crippen molar-refractivity contribution in [2.75, 3.05) is 23.7 Å². The van der Waals surface area contributed by atoms with Crippen molar-refractivity contribution >= 4 is 21.7 Å². The first kappa shape index (κ1) is 21.5. The number of ether oxygens (including phenoxy) is 1. The summed E-state index contributed by atoms with van der Waals surface area (Å²) in [6, 6.07) is 6.08. The Morgan fingerprint density at radius 1 is 1.32 bits per heavy atom. The third-order valence-electron chi connectivity index (χ3n) is 3.09. The van der Waals surface area contributed by atoms with Gasteiger partial charge in [-0.15, -0.1) is 0 Å². The predicted octanol–water partition coefficient (Wildman–Crippen LogP) is -2.88. The number of aryl methyl sites for hydroxylation is 1. The van der Waals surface area contributed by atoms with Gasteiger partial charge < -0.3 is 19.1 Å². The van der Waals surface area contributed by atoms with Crippen molar-refractivity contribution in [3.63, 3.8) is 0 Å². The van der Waals surface area contributed by atoms with Gasteiger partial charge in [0.2, 0.25) is 10.0 Å². The van der Waals surface area contributed by atoms with Crippen molar-refractivity contribution in [3.05, 3.63) is 42.1 Å². The van der Waals surface area contributed by atoms with E-state index in [2.05, 4.69) is 4.98 Å². The van der Waals surface area contributed by atoms with Crippen molar-refractivity contribution in [1.29, 1.82) is 0 Å². The van der Waals surface area contributed by atoms with Gasteiger partial charge in [-0.1, -0.05) is 0 Å². The molecule has 0 aliphatic carbocycles. The van der Waals surface area contributed by atoms with E-state index in [1.165, 1.54) is 12.1 Å².